The summed E-state index contributed by atoms with van der Waals surface area (Å²) in [6, 6.07) is 18.1. The summed E-state index contributed by atoms with van der Waals surface area (Å²) in [6.07, 6.45) is 0. The van der Waals surface area contributed by atoms with Crippen LogP contribution in [0.25, 0.3) is 11.0 Å². The summed E-state index contributed by atoms with van der Waals surface area (Å²) in [5.41, 5.74) is 0.953. The SMILES string of the molecule is COc1ccccc1C1C(C(=O)c2cc3ccccc3o2)=C(O)C(=O)N1c1ccc(F)c(Cl)c1. The highest BCUT2D eigenvalue weighted by Crippen LogP contribution is 2.45. The Kier molecular flexibility index (Phi) is 5.34. The van der Waals surface area contributed by atoms with Crippen LogP contribution in [-0.4, -0.2) is 23.9 Å². The van der Waals surface area contributed by atoms with E-state index in [1.54, 1.807) is 54.6 Å². The predicted molar refractivity (Wildman–Crippen MR) is 125 cm³/mol. The zero-order valence-electron chi connectivity index (χ0n) is 17.8. The maximum atomic E-state index is 13.8. The lowest BCUT2D eigenvalue weighted by atomic mass is 9.94. The van der Waals surface area contributed by atoms with Crippen LogP contribution in [0.5, 0.6) is 5.75 Å². The quantitative estimate of drug-likeness (QED) is 0.356. The number of fused-ring (bicyclic) bond motifs is 1. The molecule has 3 aromatic carbocycles. The van der Waals surface area contributed by atoms with Crippen LogP contribution in [-0.2, 0) is 4.79 Å². The van der Waals surface area contributed by atoms with Crippen LogP contribution in [0.3, 0.4) is 0 Å². The predicted octanol–water partition coefficient (Wildman–Crippen LogP) is 6.02. The van der Waals surface area contributed by atoms with E-state index in [9.17, 15) is 19.1 Å². The van der Waals surface area contributed by atoms with Gasteiger partial charge in [0.2, 0.25) is 5.78 Å². The van der Waals surface area contributed by atoms with E-state index in [-0.39, 0.29) is 22.0 Å². The summed E-state index contributed by atoms with van der Waals surface area (Å²) in [6.45, 7) is 0. The van der Waals surface area contributed by atoms with Gasteiger partial charge in [0.1, 0.15) is 17.1 Å². The number of hydrogen-bond acceptors (Lipinski definition) is 5. The number of anilines is 1. The number of methoxy groups -OCH3 is 1. The molecule has 170 valence electrons. The molecular weight excluding hydrogens is 461 g/mol. The van der Waals surface area contributed by atoms with Crippen LogP contribution >= 0.6 is 11.6 Å². The Hall–Kier alpha value is -4.10. The molecule has 2 heterocycles. The van der Waals surface area contributed by atoms with Gasteiger partial charge in [0.05, 0.1) is 23.7 Å². The molecule has 0 saturated heterocycles. The number of aliphatic hydroxyl groups is 1. The van der Waals surface area contributed by atoms with Gasteiger partial charge < -0.3 is 14.3 Å². The van der Waals surface area contributed by atoms with Crippen LogP contribution in [0, 0.1) is 5.82 Å². The van der Waals surface area contributed by atoms with Gasteiger partial charge in [-0.15, -0.1) is 0 Å². The second-order valence-electron chi connectivity index (χ2n) is 7.66. The van der Waals surface area contributed by atoms with E-state index >= 15 is 0 Å². The Morgan fingerprint density at radius 2 is 1.82 bits per heavy atom. The normalized spacial score (nSPS) is 15.9. The van der Waals surface area contributed by atoms with Crippen LogP contribution < -0.4 is 9.64 Å². The number of furan rings is 1. The lowest BCUT2D eigenvalue weighted by Gasteiger charge is -2.28. The number of ether oxygens (including phenoxy) is 1. The Morgan fingerprint density at radius 1 is 1.09 bits per heavy atom. The zero-order valence-corrected chi connectivity index (χ0v) is 18.5. The fourth-order valence-electron chi connectivity index (χ4n) is 4.15. The zero-order chi connectivity index (χ0) is 24.0. The summed E-state index contributed by atoms with van der Waals surface area (Å²) >= 11 is 5.97. The first-order valence-electron chi connectivity index (χ1n) is 10.3. The standard InChI is InChI=1S/C26H17ClFNO5/c1-33-20-9-5-3-7-16(20)23-22(24(30)21-12-14-6-2-4-8-19(14)34-21)25(31)26(32)29(23)15-10-11-18(28)17(27)13-15/h2-13,23,31H,1H3. The van der Waals surface area contributed by atoms with E-state index < -0.39 is 29.3 Å². The smallest absolute Gasteiger partial charge is 0.294 e. The van der Waals surface area contributed by atoms with E-state index in [4.69, 9.17) is 20.8 Å². The molecule has 34 heavy (non-hydrogen) atoms. The number of Topliss-reactive ketones (excluding diaryl/α,β-unsaturated/α-hetero) is 1. The van der Waals surface area contributed by atoms with Crippen molar-refractivity contribution >= 4 is 39.9 Å². The van der Waals surface area contributed by atoms with E-state index in [2.05, 4.69) is 0 Å². The van der Waals surface area contributed by atoms with Crippen molar-refractivity contribution in [3.63, 3.8) is 0 Å². The number of para-hydroxylation sites is 2. The van der Waals surface area contributed by atoms with E-state index in [1.807, 2.05) is 0 Å². The summed E-state index contributed by atoms with van der Waals surface area (Å²) in [5.74, 6) is -2.53. The van der Waals surface area contributed by atoms with Crippen LogP contribution in [0.2, 0.25) is 5.02 Å². The number of rotatable bonds is 5. The van der Waals surface area contributed by atoms with Gasteiger partial charge in [-0.25, -0.2) is 4.39 Å². The molecular formula is C26H17ClFNO5. The molecule has 4 aromatic rings. The Balaban J connectivity index is 1.70. The van der Waals surface area contributed by atoms with Crippen molar-refractivity contribution in [3.05, 3.63) is 106 Å². The average Bonchev–Trinajstić information content (AvgIpc) is 3.39. The van der Waals surface area contributed by atoms with Gasteiger partial charge in [-0.05, 0) is 36.4 Å². The Labute approximate surface area is 198 Å². The number of benzene rings is 3. The van der Waals surface area contributed by atoms with Crippen molar-refractivity contribution in [2.75, 3.05) is 12.0 Å². The molecule has 0 saturated carbocycles. The molecule has 8 heteroatoms. The Bertz CT molecular complexity index is 1460. The third kappa shape index (κ3) is 3.41. The molecule has 0 aliphatic carbocycles. The minimum Gasteiger partial charge on any atom is -0.503 e. The molecule has 0 fully saturated rings. The van der Waals surface area contributed by atoms with Crippen molar-refractivity contribution in [2.24, 2.45) is 0 Å². The molecule has 0 bridgehead atoms. The lowest BCUT2D eigenvalue weighted by molar-refractivity contribution is -0.117. The van der Waals surface area contributed by atoms with Crippen LogP contribution in [0.1, 0.15) is 22.2 Å². The number of nitrogens with zero attached hydrogens (tertiary/aromatic N) is 1. The molecule has 1 N–H and O–H groups in total. The highest BCUT2D eigenvalue weighted by Gasteiger charge is 2.46. The number of amides is 1. The average molecular weight is 478 g/mol. The second kappa shape index (κ2) is 8.35. The molecule has 1 atom stereocenters. The van der Waals surface area contributed by atoms with Crippen molar-refractivity contribution in [1.29, 1.82) is 0 Å². The number of ketones is 1. The van der Waals surface area contributed by atoms with E-state index in [0.29, 0.717) is 22.3 Å². The summed E-state index contributed by atoms with van der Waals surface area (Å²) in [7, 11) is 1.46. The lowest BCUT2D eigenvalue weighted by Crippen LogP contribution is -2.31. The molecule has 6 nitrogen and oxygen atoms in total. The first-order chi connectivity index (χ1) is 16.4. The molecule has 1 aliphatic heterocycles. The first-order valence-corrected chi connectivity index (χ1v) is 10.7. The van der Waals surface area contributed by atoms with Gasteiger partial charge in [-0.3, -0.25) is 14.5 Å². The third-order valence-corrected chi connectivity index (χ3v) is 6.01. The van der Waals surface area contributed by atoms with Crippen molar-refractivity contribution < 1.29 is 28.2 Å². The Morgan fingerprint density at radius 3 is 2.56 bits per heavy atom. The van der Waals surface area contributed by atoms with Gasteiger partial charge in [0.25, 0.3) is 5.91 Å². The van der Waals surface area contributed by atoms with Gasteiger partial charge in [0.15, 0.2) is 11.5 Å². The minimum absolute atomic E-state index is 0.0329. The van der Waals surface area contributed by atoms with Crippen molar-refractivity contribution in [1.82, 2.24) is 0 Å². The molecule has 1 unspecified atom stereocenters. The monoisotopic (exact) mass is 477 g/mol. The summed E-state index contributed by atoms with van der Waals surface area (Å²) < 4.78 is 25.0. The largest absolute Gasteiger partial charge is 0.503 e. The number of hydrogen-bond donors (Lipinski definition) is 1. The highest BCUT2D eigenvalue weighted by atomic mass is 35.5. The molecule has 0 spiro atoms. The number of aliphatic hydroxyl groups excluding tert-OH is 1. The van der Waals surface area contributed by atoms with Gasteiger partial charge in [0, 0.05) is 16.6 Å². The molecule has 5 rings (SSSR count). The molecule has 0 radical (unpaired) electrons. The summed E-state index contributed by atoms with van der Waals surface area (Å²) in [4.78, 5) is 28.1. The van der Waals surface area contributed by atoms with E-state index in [0.717, 1.165) is 6.07 Å². The van der Waals surface area contributed by atoms with Crippen molar-refractivity contribution in [2.45, 2.75) is 6.04 Å². The maximum absolute atomic E-state index is 13.8. The number of carbonyl (C=O) groups excluding carboxylic acids is 2. The van der Waals surface area contributed by atoms with E-state index in [1.165, 1.54) is 24.1 Å². The van der Waals surface area contributed by atoms with Gasteiger partial charge >= 0.3 is 0 Å². The third-order valence-electron chi connectivity index (χ3n) is 5.72. The van der Waals surface area contributed by atoms with Crippen molar-refractivity contribution in [3.8, 4) is 5.75 Å². The number of carbonyl (C=O) groups is 2. The second-order valence-corrected chi connectivity index (χ2v) is 8.07. The van der Waals surface area contributed by atoms with Crippen LogP contribution in [0.15, 0.2) is 88.5 Å². The molecule has 1 aliphatic rings. The minimum atomic E-state index is -1.08. The number of halogens is 2. The topological polar surface area (TPSA) is 80.0 Å². The maximum Gasteiger partial charge on any atom is 0.294 e. The van der Waals surface area contributed by atoms with Gasteiger partial charge in [-0.2, -0.15) is 0 Å². The fourth-order valence-corrected chi connectivity index (χ4v) is 4.33. The first kappa shape index (κ1) is 21.7. The molecule has 1 amide bonds. The highest BCUT2D eigenvalue weighted by molar-refractivity contribution is 6.31. The molecule has 1 aromatic heterocycles. The summed E-state index contributed by atoms with van der Waals surface area (Å²) in [5, 5.41) is 11.4. The fraction of sp³-hybridized carbons (Fsp3) is 0.0769. The van der Waals surface area contributed by atoms with Crippen LogP contribution in [0.4, 0.5) is 10.1 Å². The van der Waals surface area contributed by atoms with Gasteiger partial charge in [-0.1, -0.05) is 48.0 Å².